The molecule has 1 aliphatic heterocycles. The van der Waals surface area contributed by atoms with Crippen LogP contribution >= 0.6 is 0 Å². The maximum absolute atomic E-state index is 13.1. The fourth-order valence-corrected chi connectivity index (χ4v) is 4.19. The van der Waals surface area contributed by atoms with Crippen LogP contribution < -0.4 is 11.3 Å². The van der Waals surface area contributed by atoms with Crippen LogP contribution in [0.3, 0.4) is 0 Å². The lowest BCUT2D eigenvalue weighted by molar-refractivity contribution is 0.396. The van der Waals surface area contributed by atoms with E-state index < -0.39 is 27.5 Å². The molecule has 3 N–H and O–H groups in total. The predicted molar refractivity (Wildman–Crippen MR) is 63.2 cm³/mol. The first-order valence-electron chi connectivity index (χ1n) is 5.54. The van der Waals surface area contributed by atoms with Crippen LogP contribution in [0.4, 0.5) is 8.78 Å². The molecule has 0 amide bonds. The predicted octanol–water partition coefficient (Wildman–Crippen LogP) is 0.904. The van der Waals surface area contributed by atoms with E-state index in [9.17, 15) is 17.2 Å². The van der Waals surface area contributed by atoms with Gasteiger partial charge in [-0.2, -0.15) is 0 Å². The minimum Gasteiger partial charge on any atom is -0.271 e. The highest BCUT2D eigenvalue weighted by Gasteiger charge is 2.34. The van der Waals surface area contributed by atoms with Crippen molar-refractivity contribution in [2.24, 2.45) is 11.8 Å². The summed E-state index contributed by atoms with van der Waals surface area (Å²) in [6.45, 7) is 0. The third-order valence-corrected chi connectivity index (χ3v) is 4.96. The van der Waals surface area contributed by atoms with E-state index in [0.717, 1.165) is 6.07 Å². The first-order valence-corrected chi connectivity index (χ1v) is 7.36. The molecule has 0 aliphatic carbocycles. The lowest BCUT2D eigenvalue weighted by atomic mass is 9.93. The van der Waals surface area contributed by atoms with Crippen molar-refractivity contribution in [2.75, 3.05) is 11.5 Å². The molecular weight excluding hydrogens is 262 g/mol. The van der Waals surface area contributed by atoms with Gasteiger partial charge in [0.15, 0.2) is 9.84 Å². The number of rotatable bonds is 3. The molecule has 1 fully saturated rings. The molecule has 100 valence electrons. The van der Waals surface area contributed by atoms with Gasteiger partial charge in [0.05, 0.1) is 11.5 Å². The molecule has 1 aromatic rings. The zero-order valence-corrected chi connectivity index (χ0v) is 10.4. The van der Waals surface area contributed by atoms with Crippen LogP contribution in [0.1, 0.15) is 18.0 Å². The summed E-state index contributed by atoms with van der Waals surface area (Å²) in [5.41, 5.74) is 2.79. The molecule has 7 heteroatoms. The number of hydrogen-bond donors (Lipinski definition) is 2. The molecule has 0 bridgehead atoms. The van der Waals surface area contributed by atoms with E-state index in [1.54, 1.807) is 0 Å². The van der Waals surface area contributed by atoms with Gasteiger partial charge in [0, 0.05) is 12.1 Å². The Kier molecular flexibility index (Phi) is 3.65. The quantitative estimate of drug-likeness (QED) is 0.635. The van der Waals surface area contributed by atoms with Crippen molar-refractivity contribution in [2.45, 2.75) is 12.5 Å². The Balaban J connectivity index is 2.28. The number of benzene rings is 1. The molecule has 0 spiro atoms. The van der Waals surface area contributed by atoms with Crippen molar-refractivity contribution in [3.63, 3.8) is 0 Å². The van der Waals surface area contributed by atoms with Crippen molar-refractivity contribution in [3.05, 3.63) is 35.4 Å². The Morgan fingerprint density at radius 2 is 1.89 bits per heavy atom. The fraction of sp³-hybridized carbons (Fsp3) is 0.455. The Bertz CT molecular complexity index is 528. The van der Waals surface area contributed by atoms with Crippen molar-refractivity contribution in [1.82, 2.24) is 5.43 Å². The molecule has 1 aromatic carbocycles. The van der Waals surface area contributed by atoms with Crippen molar-refractivity contribution in [3.8, 4) is 0 Å². The molecule has 1 heterocycles. The summed E-state index contributed by atoms with van der Waals surface area (Å²) in [5.74, 6) is 3.79. The average Bonchev–Trinajstić information content (AvgIpc) is 2.58. The second-order valence-electron chi connectivity index (χ2n) is 4.51. The average molecular weight is 276 g/mol. The first-order chi connectivity index (χ1) is 8.41. The number of nitrogens with two attached hydrogens (primary N) is 1. The van der Waals surface area contributed by atoms with Gasteiger partial charge in [-0.05, 0) is 30.0 Å². The van der Waals surface area contributed by atoms with Gasteiger partial charge >= 0.3 is 0 Å². The molecule has 0 saturated carbocycles. The number of hydrazine groups is 1. The molecule has 18 heavy (non-hydrogen) atoms. The second-order valence-corrected chi connectivity index (χ2v) is 6.74. The molecule has 2 atom stereocenters. The van der Waals surface area contributed by atoms with Crippen LogP contribution in [-0.4, -0.2) is 19.9 Å². The van der Waals surface area contributed by atoms with Crippen molar-refractivity contribution in [1.29, 1.82) is 0 Å². The summed E-state index contributed by atoms with van der Waals surface area (Å²) >= 11 is 0. The van der Waals surface area contributed by atoms with E-state index >= 15 is 0 Å². The summed E-state index contributed by atoms with van der Waals surface area (Å²) in [5, 5.41) is 0. The monoisotopic (exact) mass is 276 g/mol. The van der Waals surface area contributed by atoms with E-state index in [1.807, 2.05) is 0 Å². The summed E-state index contributed by atoms with van der Waals surface area (Å²) < 4.78 is 49.1. The minimum atomic E-state index is -3.06. The molecule has 1 aliphatic rings. The standard InChI is InChI=1S/C11H14F2N2O2S/c12-9-3-8(4-10(13)5-9)11(15-14)7-1-2-18(16,17)6-7/h3-5,7,11,15H,1-2,6,14H2. The largest absolute Gasteiger partial charge is 0.271 e. The Hall–Kier alpha value is -1.05. The molecule has 1 saturated heterocycles. The van der Waals surface area contributed by atoms with Crippen LogP contribution in [0.5, 0.6) is 0 Å². The van der Waals surface area contributed by atoms with Crippen LogP contribution in [-0.2, 0) is 9.84 Å². The van der Waals surface area contributed by atoms with E-state index in [1.165, 1.54) is 12.1 Å². The van der Waals surface area contributed by atoms with Gasteiger partial charge in [0.25, 0.3) is 0 Å². The number of nitrogens with one attached hydrogen (secondary N) is 1. The van der Waals surface area contributed by atoms with Crippen molar-refractivity contribution >= 4 is 9.84 Å². The van der Waals surface area contributed by atoms with Crippen LogP contribution in [0, 0.1) is 17.6 Å². The minimum absolute atomic E-state index is 0.0139. The molecule has 0 aromatic heterocycles. The van der Waals surface area contributed by atoms with E-state index in [0.29, 0.717) is 12.0 Å². The van der Waals surface area contributed by atoms with Gasteiger partial charge in [-0.25, -0.2) is 17.2 Å². The van der Waals surface area contributed by atoms with Gasteiger partial charge < -0.3 is 0 Å². The topological polar surface area (TPSA) is 72.2 Å². The van der Waals surface area contributed by atoms with Gasteiger partial charge in [-0.1, -0.05) is 0 Å². The van der Waals surface area contributed by atoms with Crippen molar-refractivity contribution < 1.29 is 17.2 Å². The number of hydrogen-bond acceptors (Lipinski definition) is 4. The molecule has 4 nitrogen and oxygen atoms in total. The Morgan fingerprint density at radius 3 is 2.33 bits per heavy atom. The van der Waals surface area contributed by atoms with E-state index in [4.69, 9.17) is 5.84 Å². The molecule has 0 radical (unpaired) electrons. The van der Waals surface area contributed by atoms with Gasteiger partial charge in [-0.15, -0.1) is 0 Å². The molecule has 2 rings (SSSR count). The second kappa shape index (κ2) is 4.91. The Labute approximate surface area is 104 Å². The summed E-state index contributed by atoms with van der Waals surface area (Å²) in [6, 6.07) is 2.53. The highest BCUT2D eigenvalue weighted by atomic mass is 32.2. The normalized spacial score (nSPS) is 24.1. The maximum atomic E-state index is 13.1. The lowest BCUT2D eigenvalue weighted by Gasteiger charge is -2.22. The lowest BCUT2D eigenvalue weighted by Crippen LogP contribution is -2.34. The number of sulfone groups is 1. The van der Waals surface area contributed by atoms with Gasteiger partial charge in [0.1, 0.15) is 11.6 Å². The van der Waals surface area contributed by atoms with E-state index in [-0.39, 0.29) is 17.4 Å². The third kappa shape index (κ3) is 2.85. The van der Waals surface area contributed by atoms with Gasteiger partial charge in [0.2, 0.25) is 0 Å². The summed E-state index contributed by atoms with van der Waals surface area (Å²) in [4.78, 5) is 0. The Morgan fingerprint density at radius 1 is 1.28 bits per heavy atom. The van der Waals surface area contributed by atoms with Crippen LogP contribution in [0.25, 0.3) is 0 Å². The maximum Gasteiger partial charge on any atom is 0.150 e. The SMILES string of the molecule is NNC(c1cc(F)cc(F)c1)C1CCS(=O)(=O)C1. The van der Waals surface area contributed by atoms with Gasteiger partial charge in [-0.3, -0.25) is 11.3 Å². The highest BCUT2D eigenvalue weighted by Crippen LogP contribution is 2.31. The van der Waals surface area contributed by atoms with Crippen LogP contribution in [0.15, 0.2) is 18.2 Å². The molecule has 2 unspecified atom stereocenters. The zero-order valence-electron chi connectivity index (χ0n) is 9.57. The van der Waals surface area contributed by atoms with E-state index in [2.05, 4.69) is 5.43 Å². The summed E-state index contributed by atoms with van der Waals surface area (Å²) in [6.07, 6.45) is 0.440. The number of halogens is 2. The smallest absolute Gasteiger partial charge is 0.150 e. The summed E-state index contributed by atoms with van der Waals surface area (Å²) in [7, 11) is -3.06. The van der Waals surface area contributed by atoms with Crippen LogP contribution in [0.2, 0.25) is 0 Å². The molecular formula is C11H14F2N2O2S. The zero-order chi connectivity index (χ0) is 13.3. The highest BCUT2D eigenvalue weighted by molar-refractivity contribution is 7.91. The fourth-order valence-electron chi connectivity index (χ4n) is 2.35. The third-order valence-electron chi connectivity index (χ3n) is 3.16. The first kappa shape index (κ1) is 13.4.